The monoisotopic (exact) mass is 393 g/mol. The van der Waals surface area contributed by atoms with Crippen LogP contribution in [0.15, 0.2) is 47.4 Å². The van der Waals surface area contributed by atoms with Crippen LogP contribution in [0.3, 0.4) is 0 Å². The first-order valence-corrected chi connectivity index (χ1v) is 9.67. The molecule has 0 unspecified atom stereocenters. The second kappa shape index (κ2) is 8.88. The molecule has 0 saturated carbocycles. The topological polar surface area (TPSA) is 82.1 Å². The van der Waals surface area contributed by atoms with Crippen LogP contribution in [0.5, 0.6) is 11.5 Å². The van der Waals surface area contributed by atoms with Crippen LogP contribution >= 0.6 is 0 Å². The Hall–Kier alpha value is -2.58. The van der Waals surface area contributed by atoms with E-state index in [0.29, 0.717) is 17.1 Å². The van der Waals surface area contributed by atoms with E-state index >= 15 is 0 Å². The van der Waals surface area contributed by atoms with Gasteiger partial charge in [0.25, 0.3) is 0 Å². The molecule has 0 atom stereocenters. The highest BCUT2D eigenvalue weighted by atomic mass is 32.2. The summed E-state index contributed by atoms with van der Waals surface area (Å²) < 4.78 is 41.0. The fourth-order valence-corrected chi connectivity index (χ4v) is 3.14. The molecule has 0 radical (unpaired) electrons. The van der Waals surface area contributed by atoms with Crippen molar-refractivity contribution in [1.82, 2.24) is 4.31 Å². The van der Waals surface area contributed by atoms with Crippen LogP contribution in [0.2, 0.25) is 0 Å². The summed E-state index contributed by atoms with van der Waals surface area (Å²) in [4.78, 5) is 12.2. The quantitative estimate of drug-likeness (QED) is 0.506. The van der Waals surface area contributed by atoms with E-state index in [4.69, 9.17) is 14.2 Å². The lowest BCUT2D eigenvalue weighted by molar-refractivity contribution is 0.0450. The van der Waals surface area contributed by atoms with Crippen LogP contribution in [0, 0.1) is 6.92 Å². The van der Waals surface area contributed by atoms with Crippen LogP contribution in [0.4, 0.5) is 0 Å². The fraction of sp³-hybridized carbons (Fsp3) is 0.316. The molecule has 146 valence electrons. The average Bonchev–Trinajstić information content (AvgIpc) is 2.65. The Kier molecular flexibility index (Phi) is 6.81. The van der Waals surface area contributed by atoms with Gasteiger partial charge in [0.2, 0.25) is 10.0 Å². The third kappa shape index (κ3) is 5.21. The number of sulfonamides is 1. The van der Waals surface area contributed by atoms with E-state index in [-0.39, 0.29) is 18.1 Å². The molecule has 7 nitrogen and oxygen atoms in total. The highest BCUT2D eigenvalue weighted by Gasteiger charge is 2.16. The van der Waals surface area contributed by atoms with Crippen LogP contribution in [0.1, 0.15) is 15.9 Å². The van der Waals surface area contributed by atoms with Crippen molar-refractivity contribution in [2.75, 3.05) is 34.4 Å². The summed E-state index contributed by atoms with van der Waals surface area (Å²) in [6.45, 7) is 2.10. The minimum Gasteiger partial charge on any atom is -0.496 e. The van der Waals surface area contributed by atoms with Gasteiger partial charge in [0.05, 0.1) is 17.6 Å². The van der Waals surface area contributed by atoms with Gasteiger partial charge in [-0.2, -0.15) is 0 Å². The van der Waals surface area contributed by atoms with Gasteiger partial charge in [-0.25, -0.2) is 17.5 Å². The number of aryl methyl sites for hydroxylation is 1. The molecule has 0 spiro atoms. The molecule has 0 aliphatic carbocycles. The summed E-state index contributed by atoms with van der Waals surface area (Å²) in [5.74, 6) is 0.638. The van der Waals surface area contributed by atoms with Gasteiger partial charge in [-0.05, 0) is 48.9 Å². The van der Waals surface area contributed by atoms with Crippen molar-refractivity contribution in [1.29, 1.82) is 0 Å². The van der Waals surface area contributed by atoms with Crippen LogP contribution in [-0.2, 0) is 14.8 Å². The Morgan fingerprint density at radius 1 is 1.04 bits per heavy atom. The number of methoxy groups -OCH3 is 1. The van der Waals surface area contributed by atoms with E-state index in [1.165, 1.54) is 26.2 Å². The van der Waals surface area contributed by atoms with Crippen LogP contribution in [0.25, 0.3) is 0 Å². The lowest BCUT2D eigenvalue weighted by Gasteiger charge is -2.12. The maximum atomic E-state index is 12.0. The van der Waals surface area contributed by atoms with Crippen molar-refractivity contribution in [2.24, 2.45) is 0 Å². The van der Waals surface area contributed by atoms with Gasteiger partial charge in [-0.1, -0.05) is 6.07 Å². The number of hydrogen-bond donors (Lipinski definition) is 0. The first-order valence-electron chi connectivity index (χ1n) is 8.23. The van der Waals surface area contributed by atoms with Crippen molar-refractivity contribution in [3.63, 3.8) is 0 Å². The summed E-state index contributed by atoms with van der Waals surface area (Å²) in [6.07, 6.45) is 0. The van der Waals surface area contributed by atoms with Crippen molar-refractivity contribution in [3.8, 4) is 11.5 Å². The SMILES string of the molecule is COc1cc(C(=O)OCCOc2ccc(S(=O)(=O)N(C)C)cc2)ccc1C. The summed E-state index contributed by atoms with van der Waals surface area (Å²) in [5, 5.41) is 0. The van der Waals surface area contributed by atoms with Gasteiger partial charge in [0.1, 0.15) is 24.7 Å². The Bertz CT molecular complexity index is 891. The van der Waals surface area contributed by atoms with E-state index in [0.717, 1.165) is 9.87 Å². The number of carbonyl (C=O) groups excluding carboxylic acids is 1. The molecule has 2 aromatic rings. The second-order valence-electron chi connectivity index (χ2n) is 5.93. The Morgan fingerprint density at radius 3 is 2.30 bits per heavy atom. The number of rotatable bonds is 8. The van der Waals surface area contributed by atoms with E-state index in [9.17, 15) is 13.2 Å². The molecular weight excluding hydrogens is 370 g/mol. The van der Waals surface area contributed by atoms with Gasteiger partial charge in [-0.15, -0.1) is 0 Å². The van der Waals surface area contributed by atoms with E-state index in [1.54, 1.807) is 37.4 Å². The number of hydrogen-bond acceptors (Lipinski definition) is 6. The Labute approximate surface area is 159 Å². The third-order valence-electron chi connectivity index (χ3n) is 3.83. The zero-order chi connectivity index (χ0) is 20.0. The van der Waals surface area contributed by atoms with Gasteiger partial charge in [0, 0.05) is 14.1 Å². The summed E-state index contributed by atoms with van der Waals surface area (Å²) in [5.41, 5.74) is 1.33. The number of benzene rings is 2. The molecule has 27 heavy (non-hydrogen) atoms. The molecule has 0 N–H and O–H groups in total. The molecule has 0 amide bonds. The molecular formula is C19H23NO6S. The maximum absolute atomic E-state index is 12.0. The molecule has 2 aromatic carbocycles. The number of esters is 1. The standard InChI is InChI=1S/C19H23NO6S/c1-14-5-6-15(13-18(14)24-4)19(21)26-12-11-25-16-7-9-17(10-8-16)27(22,23)20(2)3/h5-10,13H,11-12H2,1-4H3. The molecule has 0 heterocycles. The molecule has 8 heteroatoms. The van der Waals surface area contributed by atoms with Gasteiger partial charge < -0.3 is 14.2 Å². The molecule has 0 aromatic heterocycles. The summed E-state index contributed by atoms with van der Waals surface area (Å²) in [6, 6.07) is 11.1. The predicted octanol–water partition coefficient (Wildman–Crippen LogP) is 2.49. The maximum Gasteiger partial charge on any atom is 0.338 e. The largest absolute Gasteiger partial charge is 0.496 e. The van der Waals surface area contributed by atoms with Crippen LogP contribution < -0.4 is 9.47 Å². The molecule has 0 aliphatic heterocycles. The lowest BCUT2D eigenvalue weighted by atomic mass is 10.1. The number of nitrogens with zero attached hydrogens (tertiary/aromatic N) is 1. The Morgan fingerprint density at radius 2 is 1.70 bits per heavy atom. The van der Waals surface area contributed by atoms with E-state index < -0.39 is 16.0 Å². The predicted molar refractivity (Wildman–Crippen MR) is 101 cm³/mol. The molecule has 0 aliphatic rings. The van der Waals surface area contributed by atoms with Gasteiger partial charge >= 0.3 is 5.97 Å². The zero-order valence-electron chi connectivity index (χ0n) is 15.8. The smallest absolute Gasteiger partial charge is 0.338 e. The van der Waals surface area contributed by atoms with Crippen molar-refractivity contribution >= 4 is 16.0 Å². The van der Waals surface area contributed by atoms with Gasteiger partial charge in [-0.3, -0.25) is 0 Å². The third-order valence-corrected chi connectivity index (χ3v) is 5.66. The second-order valence-corrected chi connectivity index (χ2v) is 8.08. The minimum absolute atomic E-state index is 0.0623. The first kappa shape index (κ1) is 20.7. The van der Waals surface area contributed by atoms with Crippen molar-refractivity contribution in [2.45, 2.75) is 11.8 Å². The van der Waals surface area contributed by atoms with Crippen LogP contribution in [-0.4, -0.2) is 53.1 Å². The average molecular weight is 393 g/mol. The number of ether oxygens (including phenoxy) is 3. The first-order chi connectivity index (χ1) is 12.8. The van der Waals surface area contributed by atoms with Gasteiger partial charge in [0.15, 0.2) is 0 Å². The molecule has 2 rings (SSSR count). The van der Waals surface area contributed by atoms with Crippen molar-refractivity contribution in [3.05, 3.63) is 53.6 Å². The molecule has 0 fully saturated rings. The fourth-order valence-electron chi connectivity index (χ4n) is 2.24. The zero-order valence-corrected chi connectivity index (χ0v) is 16.6. The number of carbonyl (C=O) groups is 1. The normalized spacial score (nSPS) is 11.3. The Balaban J connectivity index is 1.85. The molecule has 0 saturated heterocycles. The minimum atomic E-state index is -3.47. The summed E-state index contributed by atoms with van der Waals surface area (Å²) in [7, 11) is 1.01. The van der Waals surface area contributed by atoms with E-state index in [2.05, 4.69) is 0 Å². The lowest BCUT2D eigenvalue weighted by Crippen LogP contribution is -2.22. The highest BCUT2D eigenvalue weighted by molar-refractivity contribution is 7.89. The molecule has 0 bridgehead atoms. The highest BCUT2D eigenvalue weighted by Crippen LogP contribution is 2.20. The van der Waals surface area contributed by atoms with E-state index in [1.807, 2.05) is 6.92 Å². The van der Waals surface area contributed by atoms with Crippen molar-refractivity contribution < 1.29 is 27.4 Å². The summed E-state index contributed by atoms with van der Waals surface area (Å²) >= 11 is 0.